The zero-order valence-electron chi connectivity index (χ0n) is 12.3. The SMILES string of the molecule is CC(C)NC(=O)CN(C)S(=O)(=O)c1cccc(F)c1CN. The average Bonchev–Trinajstić information content (AvgIpc) is 2.37. The normalized spacial score (nSPS) is 12.0. The van der Waals surface area contributed by atoms with Crippen molar-refractivity contribution in [2.24, 2.45) is 5.73 Å². The van der Waals surface area contributed by atoms with E-state index in [-0.39, 0.29) is 29.6 Å². The van der Waals surface area contributed by atoms with Crippen molar-refractivity contribution in [3.63, 3.8) is 0 Å². The van der Waals surface area contributed by atoms with Gasteiger partial charge in [0.15, 0.2) is 0 Å². The van der Waals surface area contributed by atoms with Crippen LogP contribution in [-0.2, 0) is 21.4 Å². The number of hydrogen-bond acceptors (Lipinski definition) is 4. The van der Waals surface area contributed by atoms with Crippen LogP contribution in [0.5, 0.6) is 0 Å². The summed E-state index contributed by atoms with van der Waals surface area (Å²) < 4.78 is 39.3. The maximum atomic E-state index is 13.6. The van der Waals surface area contributed by atoms with Gasteiger partial charge in [0.05, 0.1) is 11.4 Å². The highest BCUT2D eigenvalue weighted by Crippen LogP contribution is 2.21. The van der Waals surface area contributed by atoms with Crippen molar-refractivity contribution in [2.45, 2.75) is 31.3 Å². The number of nitrogens with two attached hydrogens (primary N) is 1. The van der Waals surface area contributed by atoms with Gasteiger partial charge >= 0.3 is 0 Å². The lowest BCUT2D eigenvalue weighted by Crippen LogP contribution is -2.41. The predicted octanol–water partition coefficient (Wildman–Crippen LogP) is 0.430. The van der Waals surface area contributed by atoms with Gasteiger partial charge in [-0.3, -0.25) is 4.79 Å². The van der Waals surface area contributed by atoms with Crippen LogP contribution in [0.15, 0.2) is 23.1 Å². The van der Waals surface area contributed by atoms with Crippen LogP contribution >= 0.6 is 0 Å². The van der Waals surface area contributed by atoms with Crippen LogP contribution in [0.25, 0.3) is 0 Å². The maximum absolute atomic E-state index is 13.6. The molecular formula is C13H20FN3O3S. The van der Waals surface area contributed by atoms with Crippen molar-refractivity contribution in [3.8, 4) is 0 Å². The lowest BCUT2D eigenvalue weighted by atomic mass is 10.2. The van der Waals surface area contributed by atoms with Gasteiger partial charge in [-0.25, -0.2) is 12.8 Å². The summed E-state index contributed by atoms with van der Waals surface area (Å²) in [5.41, 5.74) is 5.32. The number of benzene rings is 1. The van der Waals surface area contributed by atoms with Gasteiger partial charge in [0, 0.05) is 25.2 Å². The molecule has 0 aliphatic heterocycles. The molecular weight excluding hydrogens is 297 g/mol. The second kappa shape index (κ2) is 6.97. The third-order valence-corrected chi connectivity index (χ3v) is 4.67. The molecule has 8 heteroatoms. The summed E-state index contributed by atoms with van der Waals surface area (Å²) in [6.07, 6.45) is 0. The number of sulfonamides is 1. The average molecular weight is 317 g/mol. The van der Waals surface area contributed by atoms with Crippen LogP contribution in [0, 0.1) is 5.82 Å². The van der Waals surface area contributed by atoms with E-state index in [2.05, 4.69) is 5.32 Å². The minimum atomic E-state index is -3.98. The Morgan fingerprint density at radius 2 is 2.05 bits per heavy atom. The van der Waals surface area contributed by atoms with Crippen LogP contribution in [-0.4, -0.2) is 38.3 Å². The van der Waals surface area contributed by atoms with Crippen molar-refractivity contribution in [1.29, 1.82) is 0 Å². The van der Waals surface area contributed by atoms with Crippen LogP contribution in [0.1, 0.15) is 19.4 Å². The number of hydrogen-bond donors (Lipinski definition) is 2. The zero-order chi connectivity index (χ0) is 16.2. The molecule has 0 heterocycles. The molecule has 0 unspecified atom stereocenters. The number of carbonyl (C=O) groups is 1. The molecule has 3 N–H and O–H groups in total. The maximum Gasteiger partial charge on any atom is 0.243 e. The fraction of sp³-hybridized carbons (Fsp3) is 0.462. The molecule has 0 spiro atoms. The minimum Gasteiger partial charge on any atom is -0.353 e. The summed E-state index contributed by atoms with van der Waals surface area (Å²) in [6.45, 7) is 2.95. The third kappa shape index (κ3) is 4.23. The number of likely N-dealkylation sites (N-methyl/N-ethyl adjacent to an activating group) is 1. The predicted molar refractivity (Wildman–Crippen MR) is 77.4 cm³/mol. The lowest BCUT2D eigenvalue weighted by Gasteiger charge is -2.19. The monoisotopic (exact) mass is 317 g/mol. The van der Waals surface area contributed by atoms with Gasteiger partial charge in [-0.05, 0) is 26.0 Å². The van der Waals surface area contributed by atoms with Gasteiger partial charge in [-0.1, -0.05) is 6.07 Å². The molecule has 0 fully saturated rings. The van der Waals surface area contributed by atoms with Gasteiger partial charge in [-0.2, -0.15) is 4.31 Å². The quantitative estimate of drug-likeness (QED) is 0.796. The molecule has 0 bridgehead atoms. The molecule has 0 atom stereocenters. The van der Waals surface area contributed by atoms with Crippen LogP contribution in [0.4, 0.5) is 4.39 Å². The first-order chi connectivity index (χ1) is 9.70. The first kappa shape index (κ1) is 17.5. The molecule has 6 nitrogen and oxygen atoms in total. The molecule has 1 aromatic carbocycles. The van der Waals surface area contributed by atoms with E-state index < -0.39 is 21.7 Å². The highest BCUT2D eigenvalue weighted by Gasteiger charge is 2.26. The Morgan fingerprint density at radius 3 is 2.57 bits per heavy atom. The smallest absolute Gasteiger partial charge is 0.243 e. The molecule has 21 heavy (non-hydrogen) atoms. The molecule has 1 aromatic rings. The minimum absolute atomic E-state index is 0.0892. The van der Waals surface area contributed by atoms with Gasteiger partial charge < -0.3 is 11.1 Å². The Bertz CT molecular complexity index is 617. The van der Waals surface area contributed by atoms with Crippen LogP contribution < -0.4 is 11.1 Å². The summed E-state index contributed by atoms with van der Waals surface area (Å²) in [7, 11) is -2.72. The summed E-state index contributed by atoms with van der Waals surface area (Å²) in [4.78, 5) is 11.4. The number of amides is 1. The molecule has 0 saturated carbocycles. The zero-order valence-corrected chi connectivity index (χ0v) is 13.1. The number of rotatable bonds is 6. The van der Waals surface area contributed by atoms with E-state index in [0.29, 0.717) is 0 Å². The van der Waals surface area contributed by atoms with Crippen molar-refractivity contribution in [2.75, 3.05) is 13.6 Å². The van der Waals surface area contributed by atoms with E-state index in [1.807, 2.05) is 0 Å². The van der Waals surface area contributed by atoms with Crippen LogP contribution in [0.3, 0.4) is 0 Å². The fourth-order valence-electron chi connectivity index (χ4n) is 1.80. The van der Waals surface area contributed by atoms with Gasteiger partial charge in [-0.15, -0.1) is 0 Å². The molecule has 1 rings (SSSR count). The summed E-state index contributed by atoms with van der Waals surface area (Å²) >= 11 is 0. The van der Waals surface area contributed by atoms with Crippen molar-refractivity contribution in [1.82, 2.24) is 9.62 Å². The topological polar surface area (TPSA) is 92.5 Å². The molecule has 0 aromatic heterocycles. The molecule has 0 saturated heterocycles. The number of nitrogens with zero attached hydrogens (tertiary/aromatic N) is 1. The van der Waals surface area contributed by atoms with Crippen molar-refractivity contribution >= 4 is 15.9 Å². The molecule has 0 radical (unpaired) electrons. The van der Waals surface area contributed by atoms with Gasteiger partial charge in [0.25, 0.3) is 0 Å². The molecule has 0 aliphatic carbocycles. The van der Waals surface area contributed by atoms with E-state index in [0.717, 1.165) is 10.4 Å². The van der Waals surface area contributed by atoms with E-state index in [1.165, 1.54) is 19.2 Å². The highest BCUT2D eigenvalue weighted by atomic mass is 32.2. The highest BCUT2D eigenvalue weighted by molar-refractivity contribution is 7.89. The second-order valence-electron chi connectivity index (χ2n) is 4.90. The van der Waals surface area contributed by atoms with Gasteiger partial charge in [0.2, 0.25) is 15.9 Å². The first-order valence-corrected chi connectivity index (χ1v) is 7.87. The van der Waals surface area contributed by atoms with Crippen molar-refractivity contribution < 1.29 is 17.6 Å². The van der Waals surface area contributed by atoms with E-state index >= 15 is 0 Å². The molecule has 0 aliphatic rings. The second-order valence-corrected chi connectivity index (χ2v) is 6.92. The number of carbonyl (C=O) groups excluding carboxylic acids is 1. The number of halogens is 1. The Morgan fingerprint density at radius 1 is 1.43 bits per heavy atom. The lowest BCUT2D eigenvalue weighted by molar-refractivity contribution is -0.121. The largest absolute Gasteiger partial charge is 0.353 e. The summed E-state index contributed by atoms with van der Waals surface area (Å²) in [5, 5.41) is 2.59. The molecule has 1 amide bonds. The van der Waals surface area contributed by atoms with Crippen LogP contribution in [0.2, 0.25) is 0 Å². The molecule has 118 valence electrons. The summed E-state index contributed by atoms with van der Waals surface area (Å²) in [5.74, 6) is -1.11. The first-order valence-electron chi connectivity index (χ1n) is 6.43. The van der Waals surface area contributed by atoms with Crippen molar-refractivity contribution in [3.05, 3.63) is 29.6 Å². The fourth-order valence-corrected chi connectivity index (χ4v) is 3.17. The Balaban J connectivity index is 3.06. The summed E-state index contributed by atoms with van der Waals surface area (Å²) in [6, 6.07) is 3.62. The van der Waals surface area contributed by atoms with Gasteiger partial charge in [0.1, 0.15) is 5.82 Å². The van der Waals surface area contributed by atoms with E-state index in [1.54, 1.807) is 13.8 Å². The Kier molecular flexibility index (Phi) is 5.82. The number of nitrogens with one attached hydrogen (secondary N) is 1. The third-order valence-electron chi connectivity index (χ3n) is 2.78. The Hall–Kier alpha value is -1.51. The van der Waals surface area contributed by atoms with E-state index in [4.69, 9.17) is 5.73 Å². The standard InChI is InChI=1S/C13H20FN3O3S/c1-9(2)16-13(18)8-17(3)21(19,20)12-6-4-5-11(14)10(12)7-15/h4-6,9H,7-8,15H2,1-3H3,(H,16,18). The Labute approximate surface area is 124 Å². The van der Waals surface area contributed by atoms with E-state index in [9.17, 15) is 17.6 Å².